The van der Waals surface area contributed by atoms with Crippen LogP contribution in [0.25, 0.3) is 10.6 Å². The van der Waals surface area contributed by atoms with Gasteiger partial charge >= 0.3 is 0 Å². The standard InChI is InChI=1S/C25H26N6O2S/c1-18-24(32)31(21-10-6-3-7-11-21)28-22(26-18)25(33)30-14-12-29(13-15-30)16-20-17-34-23(27-20)19-8-4-2-5-9-19/h2-11,17-18H,12-16H2,1H3,(H,26,28)/t18-/m1/s1. The summed E-state index contributed by atoms with van der Waals surface area (Å²) in [5, 5.41) is 4.54. The Hall–Kier alpha value is -3.56. The molecule has 1 fully saturated rings. The summed E-state index contributed by atoms with van der Waals surface area (Å²) in [5.74, 6) is -0.165. The number of carbonyl (C=O) groups excluding carboxylic acids is 2. The lowest BCUT2D eigenvalue weighted by Crippen LogP contribution is -2.60. The number of benzene rings is 2. The number of amidine groups is 1. The molecule has 3 heterocycles. The number of hydrazine groups is 1. The molecule has 34 heavy (non-hydrogen) atoms. The van der Waals surface area contributed by atoms with Crippen molar-refractivity contribution < 1.29 is 9.59 Å². The highest BCUT2D eigenvalue weighted by Gasteiger charge is 2.33. The smallest absolute Gasteiger partial charge is 0.290 e. The molecule has 1 atom stereocenters. The van der Waals surface area contributed by atoms with Gasteiger partial charge in [-0.3, -0.25) is 19.9 Å². The maximum absolute atomic E-state index is 13.2. The third-order valence-corrected chi connectivity index (χ3v) is 6.89. The van der Waals surface area contributed by atoms with E-state index in [9.17, 15) is 9.59 Å². The van der Waals surface area contributed by atoms with Gasteiger partial charge in [-0.1, -0.05) is 48.5 Å². The molecule has 0 unspecified atom stereocenters. The first kappa shape index (κ1) is 22.2. The zero-order valence-corrected chi connectivity index (χ0v) is 19.7. The fourth-order valence-electron chi connectivity index (χ4n) is 4.08. The minimum Gasteiger partial charge on any atom is -0.333 e. The first-order valence-corrected chi connectivity index (χ1v) is 12.2. The monoisotopic (exact) mass is 474 g/mol. The fraction of sp³-hybridized carbons (Fsp3) is 0.280. The van der Waals surface area contributed by atoms with E-state index in [0.717, 1.165) is 35.9 Å². The van der Waals surface area contributed by atoms with Gasteiger partial charge in [-0.2, -0.15) is 0 Å². The second-order valence-corrected chi connectivity index (χ2v) is 9.21. The average molecular weight is 475 g/mol. The molecule has 0 saturated carbocycles. The molecule has 3 aromatic rings. The lowest BCUT2D eigenvalue weighted by atomic mass is 10.2. The van der Waals surface area contributed by atoms with Crippen LogP contribution in [0.3, 0.4) is 0 Å². The molecule has 9 heteroatoms. The van der Waals surface area contributed by atoms with Gasteiger partial charge in [-0.05, 0) is 19.1 Å². The molecule has 1 saturated heterocycles. The van der Waals surface area contributed by atoms with Gasteiger partial charge in [0.25, 0.3) is 11.8 Å². The zero-order valence-electron chi connectivity index (χ0n) is 18.9. The molecule has 0 spiro atoms. The van der Waals surface area contributed by atoms with Crippen molar-refractivity contribution in [2.24, 2.45) is 4.99 Å². The van der Waals surface area contributed by atoms with E-state index in [-0.39, 0.29) is 17.6 Å². The van der Waals surface area contributed by atoms with Crippen LogP contribution in [-0.2, 0) is 16.1 Å². The van der Waals surface area contributed by atoms with Crippen LogP contribution in [0, 0.1) is 0 Å². The maximum atomic E-state index is 13.2. The molecule has 8 nitrogen and oxygen atoms in total. The summed E-state index contributed by atoms with van der Waals surface area (Å²) in [6.45, 7) is 5.19. The van der Waals surface area contributed by atoms with Crippen LogP contribution in [0.15, 0.2) is 71.0 Å². The van der Waals surface area contributed by atoms with Crippen molar-refractivity contribution in [1.82, 2.24) is 20.2 Å². The van der Waals surface area contributed by atoms with Gasteiger partial charge in [-0.15, -0.1) is 11.3 Å². The normalized spacial score (nSPS) is 19.0. The molecule has 1 N–H and O–H groups in total. The number of hydrogen-bond acceptors (Lipinski definition) is 7. The second kappa shape index (κ2) is 9.74. The minimum atomic E-state index is -0.620. The van der Waals surface area contributed by atoms with Crippen molar-refractivity contribution in [2.75, 3.05) is 31.2 Å². The van der Waals surface area contributed by atoms with E-state index in [1.807, 2.05) is 48.5 Å². The topological polar surface area (TPSA) is 81.1 Å². The number of rotatable bonds is 5. The van der Waals surface area contributed by atoms with Gasteiger partial charge in [0.2, 0.25) is 5.84 Å². The molecule has 1 aromatic heterocycles. The number of carbonyl (C=O) groups is 2. The van der Waals surface area contributed by atoms with E-state index in [1.165, 1.54) is 5.01 Å². The Morgan fingerprint density at radius 1 is 1.03 bits per heavy atom. The SMILES string of the molecule is C[C@H]1N=C(C(=O)N2CCN(Cc3csc(-c4ccccc4)n3)CC2)NN(c2ccccc2)C1=O. The number of hydrogen-bond donors (Lipinski definition) is 1. The van der Waals surface area contributed by atoms with Crippen molar-refractivity contribution in [3.63, 3.8) is 0 Å². The van der Waals surface area contributed by atoms with Crippen molar-refractivity contribution in [3.8, 4) is 10.6 Å². The van der Waals surface area contributed by atoms with Crippen LogP contribution < -0.4 is 10.4 Å². The van der Waals surface area contributed by atoms with Crippen molar-refractivity contribution in [3.05, 3.63) is 71.7 Å². The number of thiazole rings is 1. The Balaban J connectivity index is 1.19. The highest BCUT2D eigenvalue weighted by molar-refractivity contribution is 7.13. The Morgan fingerprint density at radius 3 is 2.41 bits per heavy atom. The largest absolute Gasteiger partial charge is 0.333 e. The van der Waals surface area contributed by atoms with Gasteiger partial charge in [0.1, 0.15) is 11.0 Å². The number of aliphatic imine (C=N–C) groups is 1. The number of para-hydroxylation sites is 1. The van der Waals surface area contributed by atoms with Crippen LogP contribution in [0.4, 0.5) is 5.69 Å². The van der Waals surface area contributed by atoms with Crippen LogP contribution >= 0.6 is 11.3 Å². The molecule has 2 amide bonds. The van der Waals surface area contributed by atoms with Crippen molar-refractivity contribution in [2.45, 2.75) is 19.5 Å². The highest BCUT2D eigenvalue weighted by atomic mass is 32.1. The van der Waals surface area contributed by atoms with E-state index in [4.69, 9.17) is 4.98 Å². The van der Waals surface area contributed by atoms with E-state index in [2.05, 4.69) is 32.8 Å². The maximum Gasteiger partial charge on any atom is 0.290 e. The lowest BCUT2D eigenvalue weighted by molar-refractivity contribution is -0.126. The Bertz CT molecular complexity index is 1190. The number of aromatic nitrogens is 1. The Morgan fingerprint density at radius 2 is 1.71 bits per heavy atom. The van der Waals surface area contributed by atoms with Crippen molar-refractivity contribution >= 4 is 34.7 Å². The summed E-state index contributed by atoms with van der Waals surface area (Å²) >= 11 is 1.66. The first-order valence-electron chi connectivity index (χ1n) is 11.3. The quantitative estimate of drug-likeness (QED) is 0.615. The first-order chi connectivity index (χ1) is 16.6. The predicted octanol–water partition coefficient (Wildman–Crippen LogP) is 2.79. The molecule has 0 bridgehead atoms. The summed E-state index contributed by atoms with van der Waals surface area (Å²) in [6, 6.07) is 18.8. The molecule has 5 rings (SSSR count). The van der Waals surface area contributed by atoms with Gasteiger partial charge in [-0.25, -0.2) is 15.0 Å². The Kier molecular flexibility index (Phi) is 6.37. The molecular weight excluding hydrogens is 448 g/mol. The summed E-state index contributed by atoms with van der Waals surface area (Å²) in [4.78, 5) is 39.0. The predicted molar refractivity (Wildman–Crippen MR) is 133 cm³/mol. The van der Waals surface area contributed by atoms with Gasteiger partial charge < -0.3 is 4.90 Å². The number of amides is 2. The molecule has 2 aliphatic heterocycles. The molecule has 2 aliphatic rings. The van der Waals surface area contributed by atoms with Gasteiger partial charge in [0.15, 0.2) is 0 Å². The third kappa shape index (κ3) is 4.71. The average Bonchev–Trinajstić information content (AvgIpc) is 3.35. The van der Waals surface area contributed by atoms with Gasteiger partial charge in [0.05, 0.1) is 11.4 Å². The molecule has 0 aliphatic carbocycles. The van der Waals surface area contributed by atoms with Crippen LogP contribution in [0.2, 0.25) is 0 Å². The zero-order chi connectivity index (χ0) is 23.5. The highest BCUT2D eigenvalue weighted by Crippen LogP contribution is 2.24. The fourth-order valence-corrected chi connectivity index (χ4v) is 4.90. The van der Waals surface area contributed by atoms with Crippen LogP contribution in [0.5, 0.6) is 0 Å². The Labute approximate surface area is 202 Å². The summed E-state index contributed by atoms with van der Waals surface area (Å²) in [6.07, 6.45) is 0. The molecule has 2 aromatic carbocycles. The van der Waals surface area contributed by atoms with Crippen molar-refractivity contribution in [1.29, 1.82) is 0 Å². The summed E-state index contributed by atoms with van der Waals surface area (Å²) < 4.78 is 0. The second-order valence-electron chi connectivity index (χ2n) is 8.35. The van der Waals surface area contributed by atoms with Crippen LogP contribution in [-0.4, -0.2) is 64.7 Å². The summed E-state index contributed by atoms with van der Waals surface area (Å²) in [5.41, 5.74) is 5.80. The number of nitrogens with zero attached hydrogens (tertiary/aromatic N) is 5. The van der Waals surface area contributed by atoms with E-state index >= 15 is 0 Å². The number of piperazine rings is 1. The van der Waals surface area contributed by atoms with E-state index < -0.39 is 6.04 Å². The minimum absolute atomic E-state index is 0.181. The third-order valence-electron chi connectivity index (χ3n) is 5.95. The molecule has 0 radical (unpaired) electrons. The van der Waals surface area contributed by atoms with E-state index in [1.54, 1.807) is 23.2 Å². The lowest BCUT2D eigenvalue weighted by Gasteiger charge is -2.36. The van der Waals surface area contributed by atoms with E-state index in [0.29, 0.717) is 18.8 Å². The molecule has 174 valence electrons. The number of anilines is 1. The van der Waals surface area contributed by atoms with Crippen LogP contribution in [0.1, 0.15) is 12.6 Å². The van der Waals surface area contributed by atoms with Gasteiger partial charge in [0, 0.05) is 43.7 Å². The number of nitrogens with one attached hydrogen (secondary N) is 1. The summed E-state index contributed by atoms with van der Waals surface area (Å²) in [7, 11) is 0. The molecular formula is C25H26N6O2S.